The van der Waals surface area contributed by atoms with Crippen molar-refractivity contribution in [3.8, 4) is 0 Å². The lowest BCUT2D eigenvalue weighted by molar-refractivity contribution is -0.384. The van der Waals surface area contributed by atoms with Gasteiger partial charge in [0.25, 0.3) is 11.6 Å². The average Bonchev–Trinajstić information content (AvgIpc) is 2.52. The zero-order valence-electron chi connectivity index (χ0n) is 14.0. The first-order valence-electron chi connectivity index (χ1n) is 7.65. The molecule has 0 bridgehead atoms. The first kappa shape index (κ1) is 17.5. The number of benzene rings is 2. The summed E-state index contributed by atoms with van der Waals surface area (Å²) in [6.07, 6.45) is 0. The fourth-order valence-electron chi connectivity index (χ4n) is 2.18. The lowest BCUT2D eigenvalue weighted by Crippen LogP contribution is -2.40. The largest absolute Gasteiger partial charge is 0.375 e. The Labute approximate surface area is 141 Å². The third-order valence-electron chi connectivity index (χ3n) is 3.27. The number of carbonyl (C=O) groups is 1. The van der Waals surface area contributed by atoms with E-state index in [-0.39, 0.29) is 17.2 Å². The molecule has 0 heterocycles. The van der Waals surface area contributed by atoms with E-state index in [1.165, 1.54) is 6.07 Å². The van der Waals surface area contributed by atoms with Crippen LogP contribution in [0.2, 0.25) is 0 Å². The SMILES string of the molecule is CC(C)(C)NC(=O)c1ccc(NCc2ccccc2)c([N+](=O)[O-])c1. The number of nitrogens with zero attached hydrogens (tertiary/aromatic N) is 1. The van der Waals surface area contributed by atoms with Crippen LogP contribution in [0, 0.1) is 10.1 Å². The molecule has 0 radical (unpaired) electrons. The molecule has 0 aromatic heterocycles. The van der Waals surface area contributed by atoms with Gasteiger partial charge in [-0.15, -0.1) is 0 Å². The highest BCUT2D eigenvalue weighted by molar-refractivity contribution is 5.96. The van der Waals surface area contributed by atoms with Crippen molar-refractivity contribution in [3.63, 3.8) is 0 Å². The number of nitro benzene ring substituents is 1. The molecule has 0 fully saturated rings. The van der Waals surface area contributed by atoms with E-state index in [1.807, 2.05) is 51.1 Å². The van der Waals surface area contributed by atoms with Crippen LogP contribution in [0.5, 0.6) is 0 Å². The number of anilines is 1. The van der Waals surface area contributed by atoms with Crippen molar-refractivity contribution >= 4 is 17.3 Å². The summed E-state index contributed by atoms with van der Waals surface area (Å²) in [6, 6.07) is 14.0. The quantitative estimate of drug-likeness (QED) is 0.647. The summed E-state index contributed by atoms with van der Waals surface area (Å²) >= 11 is 0. The van der Waals surface area contributed by atoms with Crippen molar-refractivity contribution in [2.24, 2.45) is 0 Å². The van der Waals surface area contributed by atoms with Crippen molar-refractivity contribution < 1.29 is 9.72 Å². The van der Waals surface area contributed by atoms with Gasteiger partial charge < -0.3 is 10.6 Å². The number of amides is 1. The molecule has 24 heavy (non-hydrogen) atoms. The fourth-order valence-corrected chi connectivity index (χ4v) is 2.18. The molecule has 6 heteroatoms. The van der Waals surface area contributed by atoms with Crippen molar-refractivity contribution in [3.05, 3.63) is 69.8 Å². The number of hydrogen-bond acceptors (Lipinski definition) is 4. The first-order chi connectivity index (χ1) is 11.3. The van der Waals surface area contributed by atoms with Gasteiger partial charge in [-0.05, 0) is 38.5 Å². The number of nitro groups is 1. The standard InChI is InChI=1S/C18H21N3O3/c1-18(2,3)20-17(22)14-9-10-15(16(11-14)21(23)24)19-12-13-7-5-4-6-8-13/h4-11,19H,12H2,1-3H3,(H,20,22). The van der Waals surface area contributed by atoms with E-state index in [9.17, 15) is 14.9 Å². The van der Waals surface area contributed by atoms with Crippen LogP contribution >= 0.6 is 0 Å². The van der Waals surface area contributed by atoms with Crippen molar-refractivity contribution in [2.75, 3.05) is 5.32 Å². The second kappa shape index (κ2) is 7.12. The monoisotopic (exact) mass is 327 g/mol. The molecule has 0 aliphatic carbocycles. The summed E-state index contributed by atoms with van der Waals surface area (Å²) in [5.74, 6) is -0.333. The van der Waals surface area contributed by atoms with Crippen LogP contribution in [0.1, 0.15) is 36.7 Å². The highest BCUT2D eigenvalue weighted by atomic mass is 16.6. The molecule has 2 N–H and O–H groups in total. The molecule has 1 amide bonds. The predicted octanol–water partition coefficient (Wildman–Crippen LogP) is 3.74. The Morgan fingerprint density at radius 2 is 1.79 bits per heavy atom. The summed E-state index contributed by atoms with van der Waals surface area (Å²) < 4.78 is 0. The van der Waals surface area contributed by atoms with Crippen LogP contribution in [0.25, 0.3) is 0 Å². The van der Waals surface area contributed by atoms with Gasteiger partial charge in [0.1, 0.15) is 5.69 Å². The highest BCUT2D eigenvalue weighted by Crippen LogP contribution is 2.26. The Bertz CT molecular complexity index is 737. The molecule has 0 unspecified atom stereocenters. The summed E-state index contributed by atoms with van der Waals surface area (Å²) in [5, 5.41) is 17.2. The van der Waals surface area contributed by atoms with Crippen molar-refractivity contribution in [1.82, 2.24) is 5.32 Å². The lowest BCUT2D eigenvalue weighted by Gasteiger charge is -2.20. The first-order valence-corrected chi connectivity index (χ1v) is 7.65. The Kier molecular flexibility index (Phi) is 5.18. The molecule has 2 aromatic carbocycles. The Morgan fingerprint density at radius 3 is 2.38 bits per heavy atom. The minimum Gasteiger partial charge on any atom is -0.375 e. The third-order valence-corrected chi connectivity index (χ3v) is 3.27. The zero-order valence-corrected chi connectivity index (χ0v) is 14.0. The highest BCUT2D eigenvalue weighted by Gasteiger charge is 2.20. The van der Waals surface area contributed by atoms with Crippen LogP contribution < -0.4 is 10.6 Å². The molecule has 0 atom stereocenters. The van der Waals surface area contributed by atoms with E-state index in [0.29, 0.717) is 12.2 Å². The number of hydrogen-bond donors (Lipinski definition) is 2. The van der Waals surface area contributed by atoms with Gasteiger partial charge in [-0.2, -0.15) is 0 Å². The number of rotatable bonds is 5. The van der Waals surface area contributed by atoms with Gasteiger partial charge in [0.2, 0.25) is 0 Å². The summed E-state index contributed by atoms with van der Waals surface area (Å²) in [4.78, 5) is 23.0. The van der Waals surface area contributed by atoms with Gasteiger partial charge >= 0.3 is 0 Å². The van der Waals surface area contributed by atoms with E-state index in [0.717, 1.165) is 5.56 Å². The van der Waals surface area contributed by atoms with Gasteiger partial charge in [-0.25, -0.2) is 0 Å². The van der Waals surface area contributed by atoms with E-state index in [2.05, 4.69) is 10.6 Å². The minimum absolute atomic E-state index is 0.118. The van der Waals surface area contributed by atoms with Crippen LogP contribution in [0.4, 0.5) is 11.4 Å². The molecule has 0 aliphatic heterocycles. The second-order valence-electron chi connectivity index (χ2n) is 6.53. The van der Waals surface area contributed by atoms with E-state index < -0.39 is 10.5 Å². The molecule has 0 spiro atoms. The third kappa shape index (κ3) is 4.81. The zero-order chi connectivity index (χ0) is 17.7. The smallest absolute Gasteiger partial charge is 0.293 e. The maximum atomic E-state index is 12.2. The van der Waals surface area contributed by atoms with Crippen molar-refractivity contribution in [1.29, 1.82) is 0 Å². The van der Waals surface area contributed by atoms with Gasteiger partial charge in [-0.1, -0.05) is 30.3 Å². The summed E-state index contributed by atoms with van der Waals surface area (Å²) in [7, 11) is 0. The van der Waals surface area contributed by atoms with E-state index in [1.54, 1.807) is 12.1 Å². The van der Waals surface area contributed by atoms with Gasteiger partial charge in [0.05, 0.1) is 4.92 Å². The number of nitrogens with one attached hydrogen (secondary N) is 2. The maximum absolute atomic E-state index is 12.2. The average molecular weight is 327 g/mol. The minimum atomic E-state index is -0.485. The van der Waals surface area contributed by atoms with Gasteiger partial charge in [0, 0.05) is 23.7 Å². The Balaban J connectivity index is 2.20. The van der Waals surface area contributed by atoms with Crippen LogP contribution in [-0.2, 0) is 6.54 Å². The van der Waals surface area contributed by atoms with Gasteiger partial charge in [0.15, 0.2) is 0 Å². The molecular formula is C18H21N3O3. The topological polar surface area (TPSA) is 84.3 Å². The summed E-state index contributed by atoms with van der Waals surface area (Å²) in [6.45, 7) is 6.04. The number of carbonyl (C=O) groups excluding carboxylic acids is 1. The Hall–Kier alpha value is -2.89. The van der Waals surface area contributed by atoms with Gasteiger partial charge in [-0.3, -0.25) is 14.9 Å². The lowest BCUT2D eigenvalue weighted by atomic mass is 10.1. The molecule has 0 saturated heterocycles. The van der Waals surface area contributed by atoms with Crippen LogP contribution in [-0.4, -0.2) is 16.4 Å². The molecular weight excluding hydrogens is 306 g/mol. The fraction of sp³-hybridized carbons (Fsp3) is 0.278. The molecule has 0 aliphatic rings. The molecule has 2 aromatic rings. The predicted molar refractivity (Wildman–Crippen MR) is 94.1 cm³/mol. The van der Waals surface area contributed by atoms with Crippen molar-refractivity contribution in [2.45, 2.75) is 32.9 Å². The van der Waals surface area contributed by atoms with E-state index >= 15 is 0 Å². The maximum Gasteiger partial charge on any atom is 0.293 e. The molecule has 126 valence electrons. The Morgan fingerprint density at radius 1 is 1.12 bits per heavy atom. The molecule has 0 saturated carbocycles. The second-order valence-corrected chi connectivity index (χ2v) is 6.53. The normalized spacial score (nSPS) is 11.0. The van der Waals surface area contributed by atoms with Crippen LogP contribution in [0.3, 0.4) is 0 Å². The van der Waals surface area contributed by atoms with Crippen LogP contribution in [0.15, 0.2) is 48.5 Å². The van der Waals surface area contributed by atoms with E-state index in [4.69, 9.17) is 0 Å². The molecule has 6 nitrogen and oxygen atoms in total. The molecule has 2 rings (SSSR count). The summed E-state index contributed by atoms with van der Waals surface area (Å²) in [5.41, 5.74) is 1.14.